The van der Waals surface area contributed by atoms with Crippen LogP contribution in [0.5, 0.6) is 17.2 Å². The van der Waals surface area contributed by atoms with E-state index in [1.54, 1.807) is 38.5 Å². The van der Waals surface area contributed by atoms with Crippen molar-refractivity contribution >= 4 is 5.97 Å². The Labute approximate surface area is 135 Å². The van der Waals surface area contributed by atoms with Gasteiger partial charge in [-0.3, -0.25) is 0 Å². The topological polar surface area (TPSA) is 65.0 Å². The van der Waals surface area contributed by atoms with Crippen molar-refractivity contribution in [2.75, 3.05) is 14.2 Å². The molecule has 0 aliphatic heterocycles. The lowest BCUT2D eigenvalue weighted by molar-refractivity contribution is -0.145. The standard InChI is InChI=1S/C18H20O5/c1-12-7-8-16(22-3)13(9-12)10-17(18(19)20)23-15-6-4-5-14(11-15)21-2/h4-9,11,17H,10H2,1-3H3,(H,19,20)/t17-/m0/s1. The van der Waals surface area contributed by atoms with Crippen LogP contribution in [0.2, 0.25) is 0 Å². The number of carboxylic acids is 1. The summed E-state index contributed by atoms with van der Waals surface area (Å²) in [7, 11) is 3.11. The smallest absolute Gasteiger partial charge is 0.345 e. The van der Waals surface area contributed by atoms with Crippen LogP contribution in [-0.2, 0) is 11.2 Å². The Bertz CT molecular complexity index is 681. The molecule has 0 aliphatic carbocycles. The lowest BCUT2D eigenvalue weighted by atomic mass is 10.0. The molecule has 122 valence electrons. The molecular formula is C18H20O5. The Balaban J connectivity index is 2.22. The third kappa shape index (κ3) is 4.39. The number of methoxy groups -OCH3 is 2. The van der Waals surface area contributed by atoms with Gasteiger partial charge in [0.2, 0.25) is 0 Å². The minimum Gasteiger partial charge on any atom is -0.497 e. The fraction of sp³-hybridized carbons (Fsp3) is 0.278. The zero-order valence-corrected chi connectivity index (χ0v) is 13.4. The molecule has 0 aliphatic rings. The molecule has 0 amide bonds. The summed E-state index contributed by atoms with van der Waals surface area (Å²) in [5.74, 6) is 0.676. The Morgan fingerprint density at radius 2 is 1.83 bits per heavy atom. The van der Waals surface area contributed by atoms with Crippen molar-refractivity contribution < 1.29 is 24.1 Å². The Morgan fingerprint density at radius 3 is 2.48 bits per heavy atom. The number of hydrogen-bond donors (Lipinski definition) is 1. The first kappa shape index (κ1) is 16.7. The molecule has 2 aromatic carbocycles. The quantitative estimate of drug-likeness (QED) is 0.850. The summed E-state index contributed by atoms with van der Waals surface area (Å²) in [6, 6.07) is 12.5. The Morgan fingerprint density at radius 1 is 1.09 bits per heavy atom. The average Bonchev–Trinajstić information content (AvgIpc) is 2.54. The monoisotopic (exact) mass is 316 g/mol. The molecule has 2 aromatic rings. The van der Waals surface area contributed by atoms with Crippen LogP contribution < -0.4 is 14.2 Å². The highest BCUT2D eigenvalue weighted by molar-refractivity contribution is 5.73. The normalized spacial score (nSPS) is 11.6. The maximum Gasteiger partial charge on any atom is 0.345 e. The van der Waals surface area contributed by atoms with Crippen LogP contribution in [0.15, 0.2) is 42.5 Å². The van der Waals surface area contributed by atoms with Gasteiger partial charge in [0.05, 0.1) is 14.2 Å². The highest BCUT2D eigenvalue weighted by Gasteiger charge is 2.22. The van der Waals surface area contributed by atoms with Gasteiger partial charge >= 0.3 is 5.97 Å². The van der Waals surface area contributed by atoms with Gasteiger partial charge in [0.25, 0.3) is 0 Å². The summed E-state index contributed by atoms with van der Waals surface area (Å²) in [4.78, 5) is 11.6. The van der Waals surface area contributed by atoms with E-state index in [9.17, 15) is 9.90 Å². The highest BCUT2D eigenvalue weighted by atomic mass is 16.5. The van der Waals surface area contributed by atoms with E-state index in [1.807, 2.05) is 25.1 Å². The molecule has 0 fully saturated rings. The lowest BCUT2D eigenvalue weighted by Crippen LogP contribution is -2.29. The van der Waals surface area contributed by atoms with Crippen LogP contribution in [0, 0.1) is 6.92 Å². The number of aliphatic carboxylic acids is 1. The predicted octanol–water partition coefficient (Wildman–Crippen LogP) is 3.09. The van der Waals surface area contributed by atoms with E-state index in [0.29, 0.717) is 17.2 Å². The summed E-state index contributed by atoms with van der Waals surface area (Å²) in [6.07, 6.45) is -0.810. The molecule has 23 heavy (non-hydrogen) atoms. The summed E-state index contributed by atoms with van der Waals surface area (Å²) in [6.45, 7) is 1.95. The van der Waals surface area contributed by atoms with Crippen molar-refractivity contribution in [3.8, 4) is 17.2 Å². The molecule has 0 spiro atoms. The largest absolute Gasteiger partial charge is 0.497 e. The van der Waals surface area contributed by atoms with Crippen LogP contribution >= 0.6 is 0 Å². The number of hydrogen-bond acceptors (Lipinski definition) is 4. The number of carbonyl (C=O) groups is 1. The molecule has 0 aromatic heterocycles. The third-order valence-corrected chi connectivity index (χ3v) is 3.44. The second kappa shape index (κ2) is 7.54. The summed E-state index contributed by atoms with van der Waals surface area (Å²) in [5, 5.41) is 9.46. The molecule has 0 saturated heterocycles. The van der Waals surface area contributed by atoms with E-state index in [2.05, 4.69) is 0 Å². The summed E-state index contributed by atoms with van der Waals surface area (Å²) >= 11 is 0. The third-order valence-electron chi connectivity index (χ3n) is 3.44. The number of rotatable bonds is 7. The zero-order valence-electron chi connectivity index (χ0n) is 13.4. The van der Waals surface area contributed by atoms with Crippen LogP contribution in [0.4, 0.5) is 0 Å². The van der Waals surface area contributed by atoms with Crippen molar-refractivity contribution in [1.82, 2.24) is 0 Å². The highest BCUT2D eigenvalue weighted by Crippen LogP contribution is 2.24. The van der Waals surface area contributed by atoms with Gasteiger partial charge in [-0.2, -0.15) is 0 Å². The maximum absolute atomic E-state index is 11.6. The van der Waals surface area contributed by atoms with E-state index in [-0.39, 0.29) is 6.42 Å². The predicted molar refractivity (Wildman–Crippen MR) is 86.5 cm³/mol. The van der Waals surface area contributed by atoms with Crippen molar-refractivity contribution in [3.63, 3.8) is 0 Å². The zero-order chi connectivity index (χ0) is 16.8. The molecule has 2 rings (SSSR count). The van der Waals surface area contributed by atoms with Crippen LogP contribution in [0.25, 0.3) is 0 Å². The molecule has 0 bridgehead atoms. The first-order chi connectivity index (χ1) is 11.0. The maximum atomic E-state index is 11.6. The molecule has 0 radical (unpaired) electrons. The molecular weight excluding hydrogens is 296 g/mol. The fourth-order valence-electron chi connectivity index (χ4n) is 2.28. The summed E-state index contributed by atoms with van der Waals surface area (Å²) < 4.78 is 16.0. The molecule has 5 nitrogen and oxygen atoms in total. The Hall–Kier alpha value is -2.69. The van der Waals surface area contributed by atoms with Crippen molar-refractivity contribution in [3.05, 3.63) is 53.6 Å². The minimum atomic E-state index is -1.03. The van der Waals surface area contributed by atoms with Gasteiger partial charge in [-0.15, -0.1) is 0 Å². The SMILES string of the molecule is COc1cccc(O[C@@H](Cc2cc(C)ccc2OC)C(=O)O)c1. The van der Waals surface area contributed by atoms with E-state index in [0.717, 1.165) is 11.1 Å². The van der Waals surface area contributed by atoms with Crippen LogP contribution in [-0.4, -0.2) is 31.4 Å². The first-order valence-electron chi connectivity index (χ1n) is 7.20. The van der Waals surface area contributed by atoms with E-state index < -0.39 is 12.1 Å². The summed E-state index contributed by atoms with van der Waals surface area (Å²) in [5.41, 5.74) is 1.83. The van der Waals surface area contributed by atoms with Crippen LogP contribution in [0.3, 0.4) is 0 Å². The molecule has 0 heterocycles. The van der Waals surface area contributed by atoms with E-state index in [1.165, 1.54) is 0 Å². The van der Waals surface area contributed by atoms with Gasteiger partial charge in [0.1, 0.15) is 17.2 Å². The number of carboxylic acid groups (broad SMARTS) is 1. The molecule has 0 saturated carbocycles. The van der Waals surface area contributed by atoms with E-state index in [4.69, 9.17) is 14.2 Å². The van der Waals surface area contributed by atoms with Crippen molar-refractivity contribution in [2.24, 2.45) is 0 Å². The Kier molecular flexibility index (Phi) is 5.46. The molecule has 0 unspecified atom stereocenters. The van der Waals surface area contributed by atoms with Gasteiger partial charge in [0.15, 0.2) is 6.10 Å². The van der Waals surface area contributed by atoms with Gasteiger partial charge in [-0.25, -0.2) is 4.79 Å². The number of benzene rings is 2. The number of ether oxygens (including phenoxy) is 3. The average molecular weight is 316 g/mol. The van der Waals surface area contributed by atoms with Gasteiger partial charge in [0, 0.05) is 12.5 Å². The van der Waals surface area contributed by atoms with Gasteiger partial charge < -0.3 is 19.3 Å². The first-order valence-corrected chi connectivity index (χ1v) is 7.20. The molecule has 5 heteroatoms. The van der Waals surface area contributed by atoms with Gasteiger partial charge in [-0.1, -0.05) is 23.8 Å². The van der Waals surface area contributed by atoms with Gasteiger partial charge in [-0.05, 0) is 30.7 Å². The number of aryl methyl sites for hydroxylation is 1. The van der Waals surface area contributed by atoms with Crippen molar-refractivity contribution in [2.45, 2.75) is 19.4 Å². The second-order valence-corrected chi connectivity index (χ2v) is 5.14. The minimum absolute atomic E-state index is 0.206. The van der Waals surface area contributed by atoms with Crippen LogP contribution in [0.1, 0.15) is 11.1 Å². The lowest BCUT2D eigenvalue weighted by Gasteiger charge is -2.17. The fourth-order valence-corrected chi connectivity index (χ4v) is 2.28. The van der Waals surface area contributed by atoms with E-state index >= 15 is 0 Å². The van der Waals surface area contributed by atoms with Crippen molar-refractivity contribution in [1.29, 1.82) is 0 Å². The molecule has 1 N–H and O–H groups in total. The molecule has 1 atom stereocenters. The second-order valence-electron chi connectivity index (χ2n) is 5.14.